The van der Waals surface area contributed by atoms with Crippen LogP contribution in [0.1, 0.15) is 21.0 Å². The second-order valence-corrected chi connectivity index (χ2v) is 2.48. The molecule has 0 aliphatic heterocycles. The maximum atomic E-state index is 11.7. The van der Waals surface area contributed by atoms with Crippen molar-refractivity contribution in [2.75, 3.05) is 6.54 Å². The van der Waals surface area contributed by atoms with E-state index in [9.17, 15) is 18.4 Å². The highest BCUT2D eigenvalue weighted by molar-refractivity contribution is 5.94. The number of alkyl halides is 2. The molecule has 0 aliphatic rings. The first-order valence-corrected chi connectivity index (χ1v) is 3.77. The van der Waals surface area contributed by atoms with Crippen molar-refractivity contribution in [3.63, 3.8) is 0 Å². The van der Waals surface area contributed by atoms with E-state index < -0.39 is 30.6 Å². The van der Waals surface area contributed by atoms with E-state index in [-0.39, 0.29) is 5.69 Å². The van der Waals surface area contributed by atoms with Crippen LogP contribution in [0.2, 0.25) is 0 Å². The van der Waals surface area contributed by atoms with Gasteiger partial charge in [-0.2, -0.15) is 0 Å². The molecule has 15 heavy (non-hydrogen) atoms. The Morgan fingerprint density at radius 3 is 2.73 bits per heavy atom. The number of hydrogen-bond donors (Lipinski definition) is 2. The molecular formula is C7H6F2N2O4. The third kappa shape index (κ3) is 3.01. The third-order valence-corrected chi connectivity index (χ3v) is 1.37. The van der Waals surface area contributed by atoms with E-state index >= 15 is 0 Å². The number of carboxylic acid groups (broad SMARTS) is 1. The van der Waals surface area contributed by atoms with Gasteiger partial charge >= 0.3 is 5.97 Å². The largest absolute Gasteiger partial charge is 0.475 e. The van der Waals surface area contributed by atoms with Crippen LogP contribution in [0.3, 0.4) is 0 Å². The first kappa shape index (κ1) is 11.1. The molecule has 6 nitrogen and oxygen atoms in total. The van der Waals surface area contributed by atoms with Gasteiger partial charge in [-0.25, -0.2) is 13.6 Å². The standard InChI is InChI=1S/C7H6F2N2O4/c8-5(9)2-10-6(12)3-1-4(7(13)14)15-11-3/h1,5H,2H2,(H,10,12)(H,13,14). The summed E-state index contributed by atoms with van der Waals surface area (Å²) in [7, 11) is 0. The molecular weight excluding hydrogens is 214 g/mol. The van der Waals surface area contributed by atoms with Crippen LogP contribution < -0.4 is 5.32 Å². The minimum atomic E-state index is -2.68. The number of amides is 1. The van der Waals surface area contributed by atoms with Crippen molar-refractivity contribution in [3.8, 4) is 0 Å². The van der Waals surface area contributed by atoms with Gasteiger partial charge in [-0.15, -0.1) is 0 Å². The van der Waals surface area contributed by atoms with Gasteiger partial charge in [0, 0.05) is 6.07 Å². The molecule has 0 fully saturated rings. The Balaban J connectivity index is 2.62. The van der Waals surface area contributed by atoms with Crippen molar-refractivity contribution in [3.05, 3.63) is 17.5 Å². The van der Waals surface area contributed by atoms with Gasteiger partial charge in [-0.05, 0) is 0 Å². The van der Waals surface area contributed by atoms with Crippen molar-refractivity contribution in [2.24, 2.45) is 0 Å². The molecule has 0 unspecified atom stereocenters. The Hall–Kier alpha value is -1.99. The Labute approximate surface area is 81.9 Å². The summed E-state index contributed by atoms with van der Waals surface area (Å²) in [5.74, 6) is -2.83. The number of carbonyl (C=O) groups is 2. The van der Waals surface area contributed by atoms with E-state index in [0.29, 0.717) is 0 Å². The molecule has 0 aliphatic carbocycles. The molecule has 0 spiro atoms. The van der Waals surface area contributed by atoms with Crippen molar-refractivity contribution < 1.29 is 28.0 Å². The Morgan fingerprint density at radius 2 is 2.27 bits per heavy atom. The molecule has 1 aromatic heterocycles. The summed E-state index contributed by atoms with van der Waals surface area (Å²) < 4.78 is 27.6. The summed E-state index contributed by atoms with van der Waals surface area (Å²) in [6, 6.07) is 0.850. The molecule has 0 bridgehead atoms. The zero-order valence-corrected chi connectivity index (χ0v) is 7.24. The minimum Gasteiger partial charge on any atom is -0.475 e. The second kappa shape index (κ2) is 4.49. The Bertz CT molecular complexity index is 377. The normalized spacial score (nSPS) is 10.3. The zero-order valence-electron chi connectivity index (χ0n) is 7.24. The molecule has 0 aromatic carbocycles. The number of aromatic nitrogens is 1. The summed E-state index contributed by atoms with van der Waals surface area (Å²) in [6.45, 7) is -0.825. The summed E-state index contributed by atoms with van der Waals surface area (Å²) in [5, 5.41) is 13.4. The van der Waals surface area contributed by atoms with Gasteiger partial charge in [-0.3, -0.25) is 4.79 Å². The lowest BCUT2D eigenvalue weighted by molar-refractivity contribution is 0.0651. The van der Waals surface area contributed by atoms with Crippen molar-refractivity contribution in [2.45, 2.75) is 6.43 Å². The molecule has 1 aromatic rings. The second-order valence-electron chi connectivity index (χ2n) is 2.48. The maximum Gasteiger partial charge on any atom is 0.374 e. The number of hydrogen-bond acceptors (Lipinski definition) is 4. The highest BCUT2D eigenvalue weighted by atomic mass is 19.3. The average molecular weight is 220 g/mol. The third-order valence-electron chi connectivity index (χ3n) is 1.37. The molecule has 1 rings (SSSR count). The van der Waals surface area contributed by atoms with Crippen LogP contribution in [-0.4, -0.2) is 35.1 Å². The highest BCUT2D eigenvalue weighted by Crippen LogP contribution is 2.03. The summed E-state index contributed by atoms with van der Waals surface area (Å²) in [4.78, 5) is 21.3. The van der Waals surface area contributed by atoms with Crippen LogP contribution in [0, 0.1) is 0 Å². The van der Waals surface area contributed by atoms with Crippen LogP contribution in [0.15, 0.2) is 10.6 Å². The van der Waals surface area contributed by atoms with Gasteiger partial charge in [0.15, 0.2) is 5.69 Å². The van der Waals surface area contributed by atoms with E-state index in [0.717, 1.165) is 6.07 Å². The Morgan fingerprint density at radius 1 is 1.60 bits per heavy atom. The van der Waals surface area contributed by atoms with Crippen molar-refractivity contribution >= 4 is 11.9 Å². The molecule has 1 heterocycles. The first-order valence-electron chi connectivity index (χ1n) is 3.77. The number of halogens is 2. The van der Waals surface area contributed by atoms with Crippen LogP contribution >= 0.6 is 0 Å². The smallest absolute Gasteiger partial charge is 0.374 e. The van der Waals surface area contributed by atoms with Crippen LogP contribution in [0.25, 0.3) is 0 Å². The zero-order chi connectivity index (χ0) is 11.4. The Kier molecular flexibility index (Phi) is 3.32. The van der Waals surface area contributed by atoms with Gasteiger partial charge in [0.25, 0.3) is 12.3 Å². The number of carbonyl (C=O) groups excluding carboxylic acids is 1. The predicted molar refractivity (Wildman–Crippen MR) is 41.8 cm³/mol. The molecule has 1 amide bonds. The lowest BCUT2D eigenvalue weighted by atomic mass is 10.3. The molecule has 0 saturated heterocycles. The first-order chi connectivity index (χ1) is 7.00. The molecule has 82 valence electrons. The predicted octanol–water partition coefficient (Wildman–Crippen LogP) is 0.368. The minimum absolute atomic E-state index is 0.354. The number of rotatable bonds is 4. The van der Waals surface area contributed by atoms with Crippen molar-refractivity contribution in [1.82, 2.24) is 10.5 Å². The molecule has 2 N–H and O–H groups in total. The number of nitrogens with one attached hydrogen (secondary N) is 1. The van der Waals surface area contributed by atoms with Gasteiger partial charge < -0.3 is 14.9 Å². The topological polar surface area (TPSA) is 92.4 Å². The van der Waals surface area contributed by atoms with E-state index in [1.165, 1.54) is 0 Å². The lowest BCUT2D eigenvalue weighted by Gasteiger charge is -1.99. The summed E-state index contributed by atoms with van der Waals surface area (Å²) >= 11 is 0. The average Bonchev–Trinajstić information content (AvgIpc) is 2.62. The van der Waals surface area contributed by atoms with Gasteiger partial charge in [-0.1, -0.05) is 5.16 Å². The number of nitrogens with zero attached hydrogens (tertiary/aromatic N) is 1. The summed E-state index contributed by atoms with van der Waals surface area (Å²) in [6.07, 6.45) is -2.68. The van der Waals surface area contributed by atoms with Crippen LogP contribution in [-0.2, 0) is 0 Å². The van der Waals surface area contributed by atoms with Crippen LogP contribution in [0.5, 0.6) is 0 Å². The SMILES string of the molecule is O=C(NCC(F)F)c1cc(C(=O)O)on1. The fraction of sp³-hybridized carbons (Fsp3) is 0.286. The fourth-order valence-corrected chi connectivity index (χ4v) is 0.743. The maximum absolute atomic E-state index is 11.7. The van der Waals surface area contributed by atoms with E-state index in [1.54, 1.807) is 0 Å². The van der Waals surface area contributed by atoms with Gasteiger partial charge in [0.2, 0.25) is 5.76 Å². The van der Waals surface area contributed by atoms with Gasteiger partial charge in [0.05, 0.1) is 6.54 Å². The fourth-order valence-electron chi connectivity index (χ4n) is 0.743. The van der Waals surface area contributed by atoms with E-state index in [2.05, 4.69) is 9.68 Å². The van der Waals surface area contributed by atoms with E-state index in [4.69, 9.17) is 5.11 Å². The molecule has 8 heteroatoms. The number of aromatic carboxylic acids is 1. The lowest BCUT2D eigenvalue weighted by Crippen LogP contribution is -2.28. The summed E-state index contributed by atoms with van der Waals surface area (Å²) in [5.41, 5.74) is -0.354. The van der Waals surface area contributed by atoms with Gasteiger partial charge in [0.1, 0.15) is 0 Å². The quantitative estimate of drug-likeness (QED) is 0.764. The van der Waals surface area contributed by atoms with Crippen LogP contribution in [0.4, 0.5) is 8.78 Å². The number of carboxylic acids is 1. The molecule has 0 saturated carbocycles. The highest BCUT2D eigenvalue weighted by Gasteiger charge is 2.17. The molecule has 0 atom stereocenters. The molecule has 0 radical (unpaired) electrons. The van der Waals surface area contributed by atoms with Crippen molar-refractivity contribution in [1.29, 1.82) is 0 Å². The van der Waals surface area contributed by atoms with E-state index in [1.807, 2.05) is 5.32 Å². The monoisotopic (exact) mass is 220 g/mol.